The molecule has 7 nitrogen and oxygen atoms in total. The van der Waals surface area contributed by atoms with E-state index in [4.69, 9.17) is 0 Å². The molecule has 1 heterocycles. The van der Waals surface area contributed by atoms with Gasteiger partial charge in [0.2, 0.25) is 15.9 Å². The quantitative estimate of drug-likeness (QED) is 0.281. The molecule has 0 bridgehead atoms. The van der Waals surface area contributed by atoms with E-state index in [1.54, 1.807) is 0 Å². The summed E-state index contributed by atoms with van der Waals surface area (Å²) in [7, 11) is -3.86. The number of carbonyl (C=O) groups excluding carboxylic acids is 2. The number of sulfonamides is 1. The summed E-state index contributed by atoms with van der Waals surface area (Å²) in [6, 6.07) is 8.38. The standard InChI is InChI=1S/C28H35F4N3O4S/c1-2-3-4-5-6-9-18-40(38,39)35-17-16-34(27(37)23-10-7-8-11-24(23)29)20-25(35)26(36)33-19-21-12-14-22(15-13-21)28(30,31)32/h7-8,10-15,25H,2-6,9,16-20H2,1H3,(H,33,36). The smallest absolute Gasteiger partial charge is 0.351 e. The Labute approximate surface area is 232 Å². The molecule has 0 aromatic heterocycles. The van der Waals surface area contributed by atoms with E-state index in [2.05, 4.69) is 12.2 Å². The van der Waals surface area contributed by atoms with Gasteiger partial charge in [0.05, 0.1) is 16.9 Å². The highest BCUT2D eigenvalue weighted by Crippen LogP contribution is 2.29. The Morgan fingerprint density at radius 1 is 0.950 bits per heavy atom. The van der Waals surface area contributed by atoms with Gasteiger partial charge in [-0.1, -0.05) is 63.3 Å². The van der Waals surface area contributed by atoms with Gasteiger partial charge in [0.1, 0.15) is 11.9 Å². The number of piperazine rings is 1. The predicted octanol–water partition coefficient (Wildman–Crippen LogP) is 4.98. The Hall–Kier alpha value is -2.99. The molecule has 3 rings (SSSR count). The van der Waals surface area contributed by atoms with Gasteiger partial charge >= 0.3 is 6.18 Å². The van der Waals surface area contributed by atoms with Crippen LogP contribution in [0.4, 0.5) is 17.6 Å². The summed E-state index contributed by atoms with van der Waals surface area (Å²) in [5.41, 5.74) is -0.628. The van der Waals surface area contributed by atoms with E-state index >= 15 is 0 Å². The van der Waals surface area contributed by atoms with Crippen LogP contribution in [0.1, 0.15) is 66.9 Å². The van der Waals surface area contributed by atoms with E-state index in [1.807, 2.05) is 0 Å². The topological polar surface area (TPSA) is 86.8 Å². The molecule has 1 unspecified atom stereocenters. The number of rotatable bonds is 12. The highest BCUT2D eigenvalue weighted by Gasteiger charge is 2.40. The SMILES string of the molecule is CCCCCCCCS(=O)(=O)N1CCN(C(=O)c2ccccc2F)CC1C(=O)NCc1ccc(C(F)(F)F)cc1. The molecule has 12 heteroatoms. The van der Waals surface area contributed by atoms with Gasteiger partial charge in [-0.2, -0.15) is 17.5 Å². The minimum Gasteiger partial charge on any atom is -0.351 e. The summed E-state index contributed by atoms with van der Waals surface area (Å²) < 4.78 is 80.5. The maximum Gasteiger partial charge on any atom is 0.416 e. The maximum atomic E-state index is 14.3. The fourth-order valence-electron chi connectivity index (χ4n) is 4.60. The summed E-state index contributed by atoms with van der Waals surface area (Å²) in [6.45, 7) is 1.49. The lowest BCUT2D eigenvalue weighted by atomic mass is 10.1. The number of halogens is 4. The van der Waals surface area contributed by atoms with Crippen LogP contribution in [0, 0.1) is 5.82 Å². The molecule has 1 aliphatic rings. The normalized spacial score (nSPS) is 16.6. The summed E-state index contributed by atoms with van der Waals surface area (Å²) in [6.07, 6.45) is 0.732. The number of hydrogen-bond acceptors (Lipinski definition) is 4. The number of unbranched alkanes of at least 4 members (excludes halogenated alkanes) is 5. The van der Waals surface area contributed by atoms with Crippen molar-refractivity contribution >= 4 is 21.8 Å². The molecule has 220 valence electrons. The molecule has 2 aromatic rings. The van der Waals surface area contributed by atoms with Crippen molar-refractivity contribution in [3.63, 3.8) is 0 Å². The second-order valence-corrected chi connectivity index (χ2v) is 11.9. The van der Waals surface area contributed by atoms with Crippen molar-refractivity contribution in [2.75, 3.05) is 25.4 Å². The lowest BCUT2D eigenvalue weighted by Crippen LogP contribution is -2.61. The molecule has 1 atom stereocenters. The summed E-state index contributed by atoms with van der Waals surface area (Å²) in [5, 5.41) is 2.59. The Bertz CT molecular complexity index is 1250. The number of nitrogens with zero attached hydrogens (tertiary/aromatic N) is 2. The van der Waals surface area contributed by atoms with Gasteiger partial charge in [-0.05, 0) is 36.2 Å². The molecule has 0 saturated carbocycles. The first kappa shape index (κ1) is 31.5. The van der Waals surface area contributed by atoms with E-state index < -0.39 is 45.4 Å². The molecule has 2 amide bonds. The Morgan fingerprint density at radius 2 is 1.60 bits per heavy atom. The lowest BCUT2D eigenvalue weighted by Gasteiger charge is -2.39. The largest absolute Gasteiger partial charge is 0.416 e. The first-order valence-corrected chi connectivity index (χ1v) is 15.0. The first-order chi connectivity index (χ1) is 18.9. The van der Waals surface area contributed by atoms with Gasteiger partial charge in [0.15, 0.2) is 0 Å². The molecule has 1 N–H and O–H groups in total. The van der Waals surface area contributed by atoms with E-state index in [-0.39, 0.29) is 37.5 Å². The minimum atomic E-state index is -4.50. The number of alkyl halides is 3. The van der Waals surface area contributed by atoms with Crippen LogP contribution in [0.3, 0.4) is 0 Å². The lowest BCUT2D eigenvalue weighted by molar-refractivity contribution is -0.137. The Morgan fingerprint density at radius 3 is 2.25 bits per heavy atom. The molecule has 1 fully saturated rings. The fourth-order valence-corrected chi connectivity index (χ4v) is 6.32. The van der Waals surface area contributed by atoms with Gasteiger partial charge in [0, 0.05) is 26.2 Å². The third-order valence-corrected chi connectivity index (χ3v) is 8.84. The molecule has 0 aliphatic carbocycles. The van der Waals surface area contributed by atoms with Crippen molar-refractivity contribution in [2.24, 2.45) is 0 Å². The van der Waals surface area contributed by atoms with Crippen LogP contribution in [0.15, 0.2) is 48.5 Å². The van der Waals surface area contributed by atoms with Crippen LogP contribution in [0.2, 0.25) is 0 Å². The number of amides is 2. The van der Waals surface area contributed by atoms with Gasteiger partial charge in [-0.25, -0.2) is 12.8 Å². The second kappa shape index (κ2) is 14.1. The van der Waals surface area contributed by atoms with Crippen molar-refractivity contribution in [3.05, 3.63) is 71.0 Å². The molecule has 1 aliphatic heterocycles. The monoisotopic (exact) mass is 585 g/mol. The van der Waals surface area contributed by atoms with Crippen LogP contribution < -0.4 is 5.32 Å². The van der Waals surface area contributed by atoms with Crippen molar-refractivity contribution in [1.82, 2.24) is 14.5 Å². The van der Waals surface area contributed by atoms with Crippen LogP contribution in [-0.2, 0) is 27.5 Å². The molecule has 0 spiro atoms. The first-order valence-electron chi connectivity index (χ1n) is 13.4. The highest BCUT2D eigenvalue weighted by atomic mass is 32.2. The van der Waals surface area contributed by atoms with Gasteiger partial charge in [-0.15, -0.1) is 0 Å². The zero-order valence-corrected chi connectivity index (χ0v) is 23.2. The average molecular weight is 586 g/mol. The Balaban J connectivity index is 1.74. The van der Waals surface area contributed by atoms with Crippen LogP contribution in [-0.4, -0.2) is 60.9 Å². The predicted molar refractivity (Wildman–Crippen MR) is 143 cm³/mol. The summed E-state index contributed by atoms with van der Waals surface area (Å²) in [4.78, 5) is 27.5. The van der Waals surface area contributed by atoms with E-state index in [0.29, 0.717) is 12.0 Å². The number of carbonyl (C=O) groups is 2. The van der Waals surface area contributed by atoms with Crippen molar-refractivity contribution in [2.45, 2.75) is 64.2 Å². The molecular weight excluding hydrogens is 550 g/mol. The molecule has 2 aromatic carbocycles. The second-order valence-electron chi connectivity index (χ2n) is 9.85. The van der Waals surface area contributed by atoms with E-state index in [9.17, 15) is 35.6 Å². The third-order valence-electron chi connectivity index (χ3n) is 6.89. The number of hydrogen-bond donors (Lipinski definition) is 1. The van der Waals surface area contributed by atoms with Crippen molar-refractivity contribution < 1.29 is 35.6 Å². The van der Waals surface area contributed by atoms with E-state index in [1.165, 1.54) is 35.2 Å². The van der Waals surface area contributed by atoms with Crippen LogP contribution in [0.25, 0.3) is 0 Å². The van der Waals surface area contributed by atoms with Crippen molar-refractivity contribution in [1.29, 1.82) is 0 Å². The fraction of sp³-hybridized carbons (Fsp3) is 0.500. The molecular formula is C28H35F4N3O4S. The summed E-state index contributed by atoms with van der Waals surface area (Å²) in [5.74, 6) is -2.23. The van der Waals surface area contributed by atoms with E-state index in [0.717, 1.165) is 54.6 Å². The van der Waals surface area contributed by atoms with Gasteiger partial charge in [-0.3, -0.25) is 9.59 Å². The number of benzene rings is 2. The Kier molecular flexibility index (Phi) is 11.1. The number of nitrogens with one attached hydrogen (secondary N) is 1. The summed E-state index contributed by atoms with van der Waals surface area (Å²) >= 11 is 0. The highest BCUT2D eigenvalue weighted by molar-refractivity contribution is 7.89. The van der Waals surface area contributed by atoms with Gasteiger partial charge < -0.3 is 10.2 Å². The third kappa shape index (κ3) is 8.50. The minimum absolute atomic E-state index is 0.0222. The zero-order valence-electron chi connectivity index (χ0n) is 22.4. The maximum absolute atomic E-state index is 14.3. The van der Waals surface area contributed by atoms with Gasteiger partial charge in [0.25, 0.3) is 5.91 Å². The average Bonchev–Trinajstić information content (AvgIpc) is 2.93. The molecule has 1 saturated heterocycles. The van der Waals surface area contributed by atoms with Crippen molar-refractivity contribution in [3.8, 4) is 0 Å². The molecule has 40 heavy (non-hydrogen) atoms. The van der Waals surface area contributed by atoms with Crippen LogP contribution >= 0.6 is 0 Å². The molecule has 0 radical (unpaired) electrons. The zero-order chi connectivity index (χ0) is 29.3. The van der Waals surface area contributed by atoms with Crippen LogP contribution in [0.5, 0.6) is 0 Å².